The van der Waals surface area contributed by atoms with Crippen molar-refractivity contribution in [3.63, 3.8) is 0 Å². The van der Waals surface area contributed by atoms with Crippen LogP contribution in [0.2, 0.25) is 0 Å². The molecule has 0 fully saturated rings. The van der Waals surface area contributed by atoms with Gasteiger partial charge in [0.15, 0.2) is 0 Å². The number of carbonyl (C=O) groups is 2. The molecule has 0 heterocycles. The summed E-state index contributed by atoms with van der Waals surface area (Å²) in [5.41, 5.74) is 2.67. The number of fused-ring (bicyclic) bond motifs is 1. The summed E-state index contributed by atoms with van der Waals surface area (Å²) >= 11 is 0. The number of rotatable bonds is 11. The van der Waals surface area contributed by atoms with E-state index in [1.807, 2.05) is 54.3 Å². The largest absolute Gasteiger partial charge is 0.478 e. The van der Waals surface area contributed by atoms with Crippen molar-refractivity contribution < 1.29 is 24.2 Å². The predicted octanol–water partition coefficient (Wildman–Crippen LogP) is 4.68. The Morgan fingerprint density at radius 2 is 1.62 bits per heavy atom. The topological polar surface area (TPSA) is 88.1 Å². The molecule has 34 heavy (non-hydrogen) atoms. The van der Waals surface area contributed by atoms with Gasteiger partial charge in [0.1, 0.15) is 0 Å². The fourth-order valence-corrected chi connectivity index (χ4v) is 3.67. The molecule has 0 aliphatic carbocycles. The van der Waals surface area contributed by atoms with Gasteiger partial charge in [-0.2, -0.15) is 0 Å². The minimum atomic E-state index is -1.12. The monoisotopic (exact) mass is 462 g/mol. The van der Waals surface area contributed by atoms with Crippen molar-refractivity contribution in [2.75, 3.05) is 50.7 Å². The standard InChI is InChI=1S/C27H30N2O5/c1-19(21-9-8-20-6-4-5-7-22(20)17-21)16-26(30)28-25-11-10-23(18-24(25)27(31)32)29(12-14-33-2)13-15-34-3/h4-11,16-18H,12-15H2,1-3H3,(H,28,30)(H,31,32). The summed E-state index contributed by atoms with van der Waals surface area (Å²) in [6.45, 7) is 4.00. The molecule has 0 saturated heterocycles. The Morgan fingerprint density at radius 1 is 0.941 bits per heavy atom. The summed E-state index contributed by atoms with van der Waals surface area (Å²) in [4.78, 5) is 26.6. The average Bonchev–Trinajstić information content (AvgIpc) is 2.84. The van der Waals surface area contributed by atoms with Gasteiger partial charge in [-0.3, -0.25) is 4.79 Å². The van der Waals surface area contributed by atoms with E-state index in [0.29, 0.717) is 32.0 Å². The van der Waals surface area contributed by atoms with Crippen LogP contribution in [0.1, 0.15) is 22.8 Å². The summed E-state index contributed by atoms with van der Waals surface area (Å²) < 4.78 is 10.3. The third kappa shape index (κ3) is 6.43. The second kappa shape index (κ2) is 12.0. The van der Waals surface area contributed by atoms with Crippen molar-refractivity contribution in [2.45, 2.75) is 6.92 Å². The lowest BCUT2D eigenvalue weighted by Crippen LogP contribution is -2.30. The minimum absolute atomic E-state index is 0.0161. The highest BCUT2D eigenvalue weighted by atomic mass is 16.5. The molecule has 1 amide bonds. The first kappa shape index (κ1) is 25.0. The van der Waals surface area contributed by atoms with Crippen molar-refractivity contribution >= 4 is 39.6 Å². The number of carbonyl (C=O) groups excluding carboxylic acids is 1. The molecule has 2 N–H and O–H groups in total. The van der Waals surface area contributed by atoms with Crippen LogP contribution in [0.15, 0.2) is 66.7 Å². The molecule has 0 aliphatic heterocycles. The Morgan fingerprint density at radius 3 is 2.26 bits per heavy atom. The number of ether oxygens (including phenoxy) is 2. The number of aromatic carboxylic acids is 1. The van der Waals surface area contributed by atoms with E-state index in [9.17, 15) is 14.7 Å². The van der Waals surface area contributed by atoms with Crippen molar-refractivity contribution in [1.29, 1.82) is 0 Å². The third-order valence-corrected chi connectivity index (χ3v) is 5.54. The van der Waals surface area contributed by atoms with Crippen LogP contribution in [-0.2, 0) is 14.3 Å². The van der Waals surface area contributed by atoms with Crippen molar-refractivity contribution in [3.05, 3.63) is 77.9 Å². The number of carboxylic acids is 1. The number of nitrogens with zero attached hydrogens (tertiary/aromatic N) is 1. The van der Waals surface area contributed by atoms with Crippen LogP contribution in [0.5, 0.6) is 0 Å². The summed E-state index contributed by atoms with van der Waals surface area (Å²) in [6.07, 6.45) is 1.48. The van der Waals surface area contributed by atoms with Gasteiger partial charge in [-0.25, -0.2) is 4.79 Å². The van der Waals surface area contributed by atoms with Crippen LogP contribution in [0.3, 0.4) is 0 Å². The highest BCUT2D eigenvalue weighted by Crippen LogP contribution is 2.25. The molecule has 0 aliphatic rings. The zero-order valence-corrected chi connectivity index (χ0v) is 19.7. The van der Waals surface area contributed by atoms with Crippen LogP contribution in [-0.4, -0.2) is 57.5 Å². The maximum Gasteiger partial charge on any atom is 0.337 e. The molecule has 3 rings (SSSR count). The first-order chi connectivity index (χ1) is 16.4. The lowest BCUT2D eigenvalue weighted by Gasteiger charge is -2.25. The average molecular weight is 463 g/mol. The van der Waals surface area contributed by atoms with Crippen molar-refractivity contribution in [3.8, 4) is 0 Å². The molecular formula is C27H30N2O5. The zero-order valence-electron chi connectivity index (χ0n) is 19.7. The van der Waals surface area contributed by atoms with E-state index in [2.05, 4.69) is 5.32 Å². The van der Waals surface area contributed by atoms with Crippen LogP contribution in [0.25, 0.3) is 16.3 Å². The number of anilines is 2. The zero-order chi connectivity index (χ0) is 24.5. The number of allylic oxidation sites excluding steroid dienone is 1. The summed E-state index contributed by atoms with van der Waals surface area (Å²) in [7, 11) is 3.23. The number of methoxy groups -OCH3 is 2. The van der Waals surface area contributed by atoms with E-state index in [0.717, 1.165) is 21.9 Å². The van der Waals surface area contributed by atoms with Gasteiger partial charge >= 0.3 is 5.97 Å². The Balaban J connectivity index is 1.81. The molecule has 0 unspecified atom stereocenters. The molecule has 178 valence electrons. The van der Waals surface area contributed by atoms with E-state index in [4.69, 9.17) is 9.47 Å². The first-order valence-corrected chi connectivity index (χ1v) is 11.0. The lowest BCUT2D eigenvalue weighted by atomic mass is 10.0. The first-order valence-electron chi connectivity index (χ1n) is 11.0. The molecule has 0 atom stereocenters. The molecule has 3 aromatic rings. The van der Waals surface area contributed by atoms with E-state index in [1.165, 1.54) is 6.08 Å². The van der Waals surface area contributed by atoms with E-state index in [1.54, 1.807) is 32.4 Å². The van der Waals surface area contributed by atoms with Gasteiger partial charge in [-0.05, 0) is 53.1 Å². The summed E-state index contributed by atoms with van der Waals surface area (Å²) in [5, 5.41) is 14.7. The number of amides is 1. The summed E-state index contributed by atoms with van der Waals surface area (Å²) in [6, 6.07) is 19.0. The second-order valence-electron chi connectivity index (χ2n) is 7.89. The fraction of sp³-hybridized carbons (Fsp3) is 0.259. The van der Waals surface area contributed by atoms with Gasteiger partial charge in [0.2, 0.25) is 5.91 Å². The van der Waals surface area contributed by atoms with Gasteiger partial charge in [0.05, 0.1) is 24.5 Å². The maximum atomic E-state index is 12.7. The van der Waals surface area contributed by atoms with E-state index in [-0.39, 0.29) is 11.3 Å². The molecule has 0 spiro atoms. The smallest absolute Gasteiger partial charge is 0.337 e. The predicted molar refractivity (Wildman–Crippen MR) is 136 cm³/mol. The van der Waals surface area contributed by atoms with Gasteiger partial charge < -0.3 is 24.8 Å². The Bertz CT molecular complexity index is 1180. The molecule has 0 saturated carbocycles. The summed E-state index contributed by atoms with van der Waals surface area (Å²) in [5.74, 6) is -1.51. The molecular weight excluding hydrogens is 432 g/mol. The van der Waals surface area contributed by atoms with Crippen molar-refractivity contribution in [2.24, 2.45) is 0 Å². The SMILES string of the molecule is COCCN(CCOC)c1ccc(NC(=O)C=C(C)c2ccc3ccccc3c2)c(C(=O)O)c1. The van der Waals surface area contributed by atoms with Gasteiger partial charge in [0.25, 0.3) is 0 Å². The lowest BCUT2D eigenvalue weighted by molar-refractivity contribution is -0.111. The molecule has 0 radical (unpaired) electrons. The molecule has 7 nitrogen and oxygen atoms in total. The Labute approximate surface area is 199 Å². The Hall–Kier alpha value is -3.68. The van der Waals surface area contributed by atoms with Gasteiger partial charge in [0, 0.05) is 39.1 Å². The second-order valence-corrected chi connectivity index (χ2v) is 7.89. The van der Waals surface area contributed by atoms with Crippen LogP contribution in [0, 0.1) is 0 Å². The highest BCUT2D eigenvalue weighted by Gasteiger charge is 2.16. The van der Waals surface area contributed by atoms with Crippen LogP contribution >= 0.6 is 0 Å². The molecule has 0 aromatic heterocycles. The third-order valence-electron chi connectivity index (χ3n) is 5.54. The van der Waals surface area contributed by atoms with E-state index >= 15 is 0 Å². The maximum absolute atomic E-state index is 12.7. The van der Waals surface area contributed by atoms with Gasteiger partial charge in [-0.1, -0.05) is 36.4 Å². The number of hydrogen-bond donors (Lipinski definition) is 2. The van der Waals surface area contributed by atoms with Crippen LogP contribution in [0.4, 0.5) is 11.4 Å². The fourth-order valence-electron chi connectivity index (χ4n) is 3.67. The van der Waals surface area contributed by atoms with E-state index < -0.39 is 11.9 Å². The van der Waals surface area contributed by atoms with Crippen molar-refractivity contribution in [1.82, 2.24) is 0 Å². The normalized spacial score (nSPS) is 11.4. The molecule has 7 heteroatoms. The minimum Gasteiger partial charge on any atom is -0.478 e. The highest BCUT2D eigenvalue weighted by molar-refractivity contribution is 6.07. The number of carboxylic acid groups (broad SMARTS) is 1. The Kier molecular flexibility index (Phi) is 8.79. The molecule has 3 aromatic carbocycles. The van der Waals surface area contributed by atoms with Gasteiger partial charge in [-0.15, -0.1) is 0 Å². The molecule has 0 bridgehead atoms. The number of hydrogen-bond acceptors (Lipinski definition) is 5. The number of benzene rings is 3. The van der Waals surface area contributed by atoms with Crippen LogP contribution < -0.4 is 10.2 Å². The number of nitrogens with one attached hydrogen (secondary N) is 1. The quantitative estimate of drug-likeness (QED) is 0.402.